The van der Waals surface area contributed by atoms with Gasteiger partial charge in [0, 0.05) is 16.3 Å². The minimum Gasteiger partial charge on any atom is -0.280 e. The van der Waals surface area contributed by atoms with E-state index in [4.69, 9.17) is 5.53 Å². The van der Waals surface area contributed by atoms with E-state index >= 15 is 0 Å². The molecule has 0 N–H and O–H groups in total. The minimum atomic E-state index is -1.18. The van der Waals surface area contributed by atoms with E-state index in [2.05, 4.69) is 10.0 Å². The first-order chi connectivity index (χ1) is 10.8. The predicted octanol–water partition coefficient (Wildman–Crippen LogP) is 5.06. The van der Waals surface area contributed by atoms with Crippen molar-refractivity contribution >= 4 is 17.3 Å². The lowest BCUT2D eigenvalue weighted by Crippen LogP contribution is -2.41. The first-order valence-corrected chi connectivity index (χ1v) is 7.39. The molecule has 23 heavy (non-hydrogen) atoms. The SMILES string of the molecule is Cc1cccc(N(C(=O)C(C)(C)N=[N+]=[N-])c2cccc(C)c2)c1. The Balaban J connectivity index is 2.61. The summed E-state index contributed by atoms with van der Waals surface area (Å²) >= 11 is 0. The van der Waals surface area contributed by atoms with Crippen molar-refractivity contribution in [2.45, 2.75) is 33.2 Å². The van der Waals surface area contributed by atoms with Gasteiger partial charge in [0.15, 0.2) is 0 Å². The lowest BCUT2D eigenvalue weighted by atomic mass is 10.0. The van der Waals surface area contributed by atoms with Crippen LogP contribution in [0.4, 0.5) is 11.4 Å². The van der Waals surface area contributed by atoms with Gasteiger partial charge in [-0.25, -0.2) is 0 Å². The highest BCUT2D eigenvalue weighted by Gasteiger charge is 2.33. The molecule has 0 radical (unpaired) electrons. The van der Waals surface area contributed by atoms with Crippen molar-refractivity contribution in [1.29, 1.82) is 0 Å². The molecule has 0 saturated carbocycles. The number of hydrogen-bond acceptors (Lipinski definition) is 2. The van der Waals surface area contributed by atoms with Crippen LogP contribution in [0.1, 0.15) is 25.0 Å². The molecule has 0 unspecified atom stereocenters. The smallest absolute Gasteiger partial charge is 0.243 e. The monoisotopic (exact) mass is 308 g/mol. The third-order valence-electron chi connectivity index (χ3n) is 3.54. The molecule has 2 aromatic carbocycles. The van der Waals surface area contributed by atoms with E-state index in [1.165, 1.54) is 0 Å². The van der Waals surface area contributed by atoms with Crippen LogP contribution in [0.25, 0.3) is 10.4 Å². The molecule has 0 aliphatic rings. The molecule has 118 valence electrons. The Bertz CT molecular complexity index is 731. The molecular formula is C18H20N4O. The first-order valence-electron chi connectivity index (χ1n) is 7.39. The lowest BCUT2D eigenvalue weighted by Gasteiger charge is -2.29. The molecule has 2 rings (SSSR count). The summed E-state index contributed by atoms with van der Waals surface area (Å²) in [6.45, 7) is 7.18. The van der Waals surface area contributed by atoms with Gasteiger partial charge in [0.25, 0.3) is 0 Å². The maximum atomic E-state index is 13.0. The van der Waals surface area contributed by atoms with E-state index in [-0.39, 0.29) is 5.91 Å². The average molecular weight is 308 g/mol. The van der Waals surface area contributed by atoms with Gasteiger partial charge in [0.05, 0.1) is 0 Å². The number of nitrogens with zero attached hydrogens (tertiary/aromatic N) is 4. The van der Waals surface area contributed by atoms with Gasteiger partial charge in [0.1, 0.15) is 5.54 Å². The largest absolute Gasteiger partial charge is 0.280 e. The molecule has 0 bridgehead atoms. The molecule has 0 aromatic heterocycles. The summed E-state index contributed by atoms with van der Waals surface area (Å²) in [5, 5.41) is 3.66. The quantitative estimate of drug-likeness (QED) is 0.442. The third-order valence-corrected chi connectivity index (χ3v) is 3.54. The van der Waals surface area contributed by atoms with Crippen molar-refractivity contribution in [1.82, 2.24) is 0 Å². The maximum Gasteiger partial charge on any atom is 0.243 e. The van der Waals surface area contributed by atoms with Crippen LogP contribution in [0.5, 0.6) is 0 Å². The van der Waals surface area contributed by atoms with Gasteiger partial charge in [-0.3, -0.25) is 9.69 Å². The van der Waals surface area contributed by atoms with Crippen LogP contribution in [0.15, 0.2) is 53.6 Å². The zero-order valence-corrected chi connectivity index (χ0v) is 13.8. The number of carbonyl (C=O) groups is 1. The number of carbonyl (C=O) groups excluding carboxylic acids is 1. The minimum absolute atomic E-state index is 0.272. The topological polar surface area (TPSA) is 69.1 Å². The van der Waals surface area contributed by atoms with Gasteiger partial charge in [-0.2, -0.15) is 0 Å². The second-order valence-corrected chi connectivity index (χ2v) is 6.07. The van der Waals surface area contributed by atoms with E-state index in [9.17, 15) is 4.79 Å². The number of amides is 1. The van der Waals surface area contributed by atoms with Crippen LogP contribution in [0.2, 0.25) is 0 Å². The molecule has 0 fully saturated rings. The molecule has 5 heteroatoms. The van der Waals surface area contributed by atoms with E-state index in [1.807, 2.05) is 62.4 Å². The highest BCUT2D eigenvalue weighted by atomic mass is 16.2. The van der Waals surface area contributed by atoms with Gasteiger partial charge in [-0.1, -0.05) is 29.4 Å². The molecular weight excluding hydrogens is 288 g/mol. The number of anilines is 2. The van der Waals surface area contributed by atoms with E-state index < -0.39 is 5.54 Å². The summed E-state index contributed by atoms with van der Waals surface area (Å²) in [6, 6.07) is 15.4. The van der Waals surface area contributed by atoms with Crippen LogP contribution in [-0.4, -0.2) is 11.4 Å². The molecule has 0 atom stereocenters. The Morgan fingerprint density at radius 1 is 1.04 bits per heavy atom. The zero-order chi connectivity index (χ0) is 17.0. The fraction of sp³-hybridized carbons (Fsp3) is 0.278. The van der Waals surface area contributed by atoms with Gasteiger partial charge in [0.2, 0.25) is 5.91 Å². The standard InChI is InChI=1S/C18H20N4O/c1-13-7-5-9-15(11-13)22(16-10-6-8-14(2)12-16)17(23)18(3,4)20-21-19/h5-12H,1-4H3. The normalized spacial score (nSPS) is 10.8. The third kappa shape index (κ3) is 3.71. The molecule has 0 spiro atoms. The Morgan fingerprint density at radius 3 is 1.91 bits per heavy atom. The summed E-state index contributed by atoms with van der Waals surface area (Å²) in [5.74, 6) is -0.272. The molecule has 5 nitrogen and oxygen atoms in total. The number of hydrogen-bond donors (Lipinski definition) is 0. The molecule has 2 aromatic rings. The van der Waals surface area contributed by atoms with E-state index in [0.717, 1.165) is 22.5 Å². The first kappa shape index (κ1) is 16.6. The van der Waals surface area contributed by atoms with Gasteiger partial charge in [-0.05, 0) is 68.6 Å². The number of benzene rings is 2. The summed E-state index contributed by atoms with van der Waals surface area (Å²) < 4.78 is 0. The van der Waals surface area contributed by atoms with Crippen molar-refractivity contribution in [3.63, 3.8) is 0 Å². The Hall–Kier alpha value is -2.78. The zero-order valence-electron chi connectivity index (χ0n) is 13.8. The average Bonchev–Trinajstić information content (AvgIpc) is 2.47. The van der Waals surface area contributed by atoms with Crippen molar-refractivity contribution in [3.05, 3.63) is 70.1 Å². The summed E-state index contributed by atoms with van der Waals surface area (Å²) in [5.41, 5.74) is 11.2. The second kappa shape index (κ2) is 6.55. The van der Waals surface area contributed by atoms with Crippen molar-refractivity contribution in [3.8, 4) is 0 Å². The summed E-state index contributed by atoms with van der Waals surface area (Å²) in [6.07, 6.45) is 0. The lowest BCUT2D eigenvalue weighted by molar-refractivity contribution is -0.121. The van der Waals surface area contributed by atoms with Crippen molar-refractivity contribution in [2.75, 3.05) is 4.90 Å². The van der Waals surface area contributed by atoms with Gasteiger partial charge < -0.3 is 0 Å². The number of azide groups is 1. The Morgan fingerprint density at radius 2 is 1.52 bits per heavy atom. The van der Waals surface area contributed by atoms with Crippen LogP contribution in [-0.2, 0) is 4.79 Å². The highest BCUT2D eigenvalue weighted by Crippen LogP contribution is 2.30. The maximum absolute atomic E-state index is 13.0. The molecule has 0 heterocycles. The Kier molecular flexibility index (Phi) is 4.72. The van der Waals surface area contributed by atoms with Crippen molar-refractivity contribution in [2.24, 2.45) is 5.11 Å². The summed E-state index contributed by atoms with van der Waals surface area (Å²) in [4.78, 5) is 17.5. The predicted molar refractivity (Wildman–Crippen MR) is 92.7 cm³/mol. The fourth-order valence-corrected chi connectivity index (χ4v) is 2.35. The van der Waals surface area contributed by atoms with E-state index in [0.29, 0.717) is 0 Å². The summed E-state index contributed by atoms with van der Waals surface area (Å²) in [7, 11) is 0. The fourth-order valence-electron chi connectivity index (χ4n) is 2.35. The van der Waals surface area contributed by atoms with Gasteiger partial charge in [-0.15, -0.1) is 0 Å². The number of rotatable bonds is 4. The number of aryl methyl sites for hydroxylation is 2. The molecule has 1 amide bonds. The highest BCUT2D eigenvalue weighted by molar-refractivity contribution is 6.05. The van der Waals surface area contributed by atoms with E-state index in [1.54, 1.807) is 18.7 Å². The molecule has 0 saturated heterocycles. The van der Waals surface area contributed by atoms with Crippen molar-refractivity contribution < 1.29 is 4.79 Å². The van der Waals surface area contributed by atoms with Crippen LogP contribution >= 0.6 is 0 Å². The van der Waals surface area contributed by atoms with Gasteiger partial charge >= 0.3 is 0 Å². The Labute approximate surface area is 136 Å². The molecule has 0 aliphatic heterocycles. The van der Waals surface area contributed by atoms with Crippen LogP contribution in [0, 0.1) is 13.8 Å². The molecule has 0 aliphatic carbocycles. The van der Waals surface area contributed by atoms with Crippen LogP contribution in [0.3, 0.4) is 0 Å². The van der Waals surface area contributed by atoms with Crippen LogP contribution < -0.4 is 4.90 Å². The second-order valence-electron chi connectivity index (χ2n) is 6.07.